The second-order valence-electron chi connectivity index (χ2n) is 3.16. The minimum Gasteiger partial charge on any atom is -0.491 e. The largest absolute Gasteiger partial charge is 0.491 e. The van der Waals surface area contributed by atoms with E-state index in [1.54, 1.807) is 30.1 Å². The maximum Gasteiger partial charge on any atom is 0.230 e. The van der Waals surface area contributed by atoms with Gasteiger partial charge in [0.05, 0.1) is 18.7 Å². The first-order valence-corrected chi connectivity index (χ1v) is 4.75. The van der Waals surface area contributed by atoms with Crippen molar-refractivity contribution in [3.8, 4) is 5.75 Å². The van der Waals surface area contributed by atoms with E-state index in [1.807, 2.05) is 0 Å². The quantitative estimate of drug-likeness (QED) is 0.658. The smallest absolute Gasteiger partial charge is 0.230 e. The number of carbonyl (C=O) groups excluding carboxylic acids is 1. The van der Waals surface area contributed by atoms with E-state index in [0.717, 1.165) is 5.69 Å². The normalized spacial score (nSPS) is 15.9. The van der Waals surface area contributed by atoms with Crippen molar-refractivity contribution in [2.45, 2.75) is 6.42 Å². The maximum atomic E-state index is 11.5. The minimum absolute atomic E-state index is 0.0472. The van der Waals surface area contributed by atoms with Gasteiger partial charge in [-0.05, 0) is 18.2 Å². The maximum absolute atomic E-state index is 11.5. The van der Waals surface area contributed by atoms with Gasteiger partial charge in [0, 0.05) is 12.1 Å². The number of ether oxygens (including phenoxy) is 1. The predicted octanol–water partition coefficient (Wildman–Crippen LogP) is 2.09. The SMILES string of the molecule is CN1C(=O)CCOc2ccc(Cl)cc21. The zero-order valence-corrected chi connectivity index (χ0v) is 8.54. The molecule has 0 unspecified atom stereocenters. The van der Waals surface area contributed by atoms with Gasteiger partial charge < -0.3 is 9.64 Å². The highest BCUT2D eigenvalue weighted by molar-refractivity contribution is 6.31. The average molecular weight is 212 g/mol. The van der Waals surface area contributed by atoms with Crippen molar-refractivity contribution in [2.24, 2.45) is 0 Å². The van der Waals surface area contributed by atoms with E-state index in [0.29, 0.717) is 23.8 Å². The first-order chi connectivity index (χ1) is 6.68. The molecule has 1 aromatic carbocycles. The number of hydrogen-bond acceptors (Lipinski definition) is 2. The Morgan fingerprint density at radius 1 is 1.50 bits per heavy atom. The molecule has 2 rings (SSSR count). The molecule has 1 heterocycles. The van der Waals surface area contributed by atoms with Gasteiger partial charge in [0.2, 0.25) is 5.91 Å². The molecular weight excluding hydrogens is 202 g/mol. The standard InChI is InChI=1S/C10H10ClNO2/c1-12-8-6-7(11)2-3-9(8)14-5-4-10(12)13/h2-3,6H,4-5H2,1H3. The lowest BCUT2D eigenvalue weighted by molar-refractivity contribution is -0.118. The Kier molecular flexibility index (Phi) is 2.33. The van der Waals surface area contributed by atoms with Crippen molar-refractivity contribution < 1.29 is 9.53 Å². The van der Waals surface area contributed by atoms with Gasteiger partial charge in [-0.15, -0.1) is 0 Å². The number of halogens is 1. The van der Waals surface area contributed by atoms with Crippen LogP contribution in [0.5, 0.6) is 5.75 Å². The van der Waals surface area contributed by atoms with Gasteiger partial charge in [-0.1, -0.05) is 11.6 Å². The second-order valence-corrected chi connectivity index (χ2v) is 3.60. The van der Waals surface area contributed by atoms with E-state index >= 15 is 0 Å². The van der Waals surface area contributed by atoms with Gasteiger partial charge >= 0.3 is 0 Å². The Bertz CT molecular complexity index is 378. The Labute approximate surface area is 87.2 Å². The number of amides is 1. The molecule has 0 radical (unpaired) electrons. The number of hydrogen-bond donors (Lipinski definition) is 0. The molecule has 3 nitrogen and oxygen atoms in total. The molecule has 0 aliphatic carbocycles. The number of nitrogens with zero attached hydrogens (tertiary/aromatic N) is 1. The molecule has 0 aromatic heterocycles. The molecule has 1 aromatic rings. The lowest BCUT2D eigenvalue weighted by atomic mass is 10.2. The van der Waals surface area contributed by atoms with E-state index in [2.05, 4.69) is 0 Å². The van der Waals surface area contributed by atoms with Crippen LogP contribution in [0.3, 0.4) is 0 Å². The van der Waals surface area contributed by atoms with Crippen LogP contribution >= 0.6 is 11.6 Å². The van der Waals surface area contributed by atoms with Gasteiger partial charge in [0.25, 0.3) is 0 Å². The Balaban J connectivity index is 2.49. The number of anilines is 1. The molecule has 0 atom stereocenters. The summed E-state index contributed by atoms with van der Waals surface area (Å²) in [4.78, 5) is 13.1. The predicted molar refractivity (Wildman–Crippen MR) is 55.0 cm³/mol. The second kappa shape index (κ2) is 3.50. The lowest BCUT2D eigenvalue weighted by Crippen LogP contribution is -2.25. The molecule has 14 heavy (non-hydrogen) atoms. The van der Waals surface area contributed by atoms with E-state index in [9.17, 15) is 4.79 Å². The number of rotatable bonds is 0. The van der Waals surface area contributed by atoms with Gasteiger partial charge in [-0.2, -0.15) is 0 Å². The van der Waals surface area contributed by atoms with Crippen LogP contribution in [0.15, 0.2) is 18.2 Å². The molecule has 0 bridgehead atoms. The van der Waals surface area contributed by atoms with Gasteiger partial charge in [-0.3, -0.25) is 4.79 Å². The topological polar surface area (TPSA) is 29.5 Å². The van der Waals surface area contributed by atoms with E-state index in [-0.39, 0.29) is 5.91 Å². The van der Waals surface area contributed by atoms with E-state index in [4.69, 9.17) is 16.3 Å². The minimum atomic E-state index is 0.0472. The summed E-state index contributed by atoms with van der Waals surface area (Å²) in [5.74, 6) is 0.758. The monoisotopic (exact) mass is 211 g/mol. The van der Waals surface area contributed by atoms with Crippen LogP contribution in [-0.4, -0.2) is 19.6 Å². The Morgan fingerprint density at radius 2 is 2.29 bits per heavy atom. The van der Waals surface area contributed by atoms with Crippen molar-refractivity contribution in [3.63, 3.8) is 0 Å². The molecule has 1 aliphatic heterocycles. The number of carbonyl (C=O) groups is 1. The fourth-order valence-electron chi connectivity index (χ4n) is 1.43. The van der Waals surface area contributed by atoms with Crippen LogP contribution in [-0.2, 0) is 4.79 Å². The molecule has 1 amide bonds. The molecule has 0 spiro atoms. The summed E-state index contributed by atoms with van der Waals surface area (Å²) in [5.41, 5.74) is 0.736. The van der Waals surface area contributed by atoms with Crippen LogP contribution in [0.25, 0.3) is 0 Å². The molecule has 0 saturated heterocycles. The van der Waals surface area contributed by atoms with Gasteiger partial charge in [-0.25, -0.2) is 0 Å². The summed E-state index contributed by atoms with van der Waals surface area (Å²) in [7, 11) is 1.73. The average Bonchev–Trinajstić information content (AvgIpc) is 2.30. The highest BCUT2D eigenvalue weighted by Gasteiger charge is 2.19. The van der Waals surface area contributed by atoms with Gasteiger partial charge in [0.15, 0.2) is 0 Å². The van der Waals surface area contributed by atoms with Crippen molar-refractivity contribution in [1.29, 1.82) is 0 Å². The van der Waals surface area contributed by atoms with Crippen LogP contribution in [0.1, 0.15) is 6.42 Å². The molecule has 0 fully saturated rings. The summed E-state index contributed by atoms with van der Waals surface area (Å²) < 4.78 is 5.42. The summed E-state index contributed by atoms with van der Waals surface area (Å²) >= 11 is 5.85. The molecule has 0 saturated carbocycles. The Morgan fingerprint density at radius 3 is 3.07 bits per heavy atom. The number of benzene rings is 1. The van der Waals surface area contributed by atoms with E-state index < -0.39 is 0 Å². The highest BCUT2D eigenvalue weighted by Crippen LogP contribution is 2.32. The summed E-state index contributed by atoms with van der Waals surface area (Å²) in [5, 5.41) is 0.605. The lowest BCUT2D eigenvalue weighted by Gasteiger charge is -2.16. The van der Waals surface area contributed by atoms with Crippen LogP contribution < -0.4 is 9.64 Å². The first kappa shape index (κ1) is 9.34. The van der Waals surface area contributed by atoms with Crippen LogP contribution in [0.4, 0.5) is 5.69 Å². The van der Waals surface area contributed by atoms with Crippen molar-refractivity contribution >= 4 is 23.2 Å². The molecule has 1 aliphatic rings. The molecule has 4 heteroatoms. The molecule has 74 valence electrons. The third kappa shape index (κ3) is 1.55. The van der Waals surface area contributed by atoms with Crippen LogP contribution in [0.2, 0.25) is 5.02 Å². The first-order valence-electron chi connectivity index (χ1n) is 4.37. The third-order valence-corrected chi connectivity index (χ3v) is 2.47. The van der Waals surface area contributed by atoms with Gasteiger partial charge in [0.1, 0.15) is 5.75 Å². The Hall–Kier alpha value is -1.22. The molecular formula is C10H10ClNO2. The van der Waals surface area contributed by atoms with E-state index in [1.165, 1.54) is 0 Å². The summed E-state index contributed by atoms with van der Waals surface area (Å²) in [6.45, 7) is 0.428. The van der Waals surface area contributed by atoms with Crippen molar-refractivity contribution in [2.75, 3.05) is 18.6 Å². The molecule has 0 N–H and O–H groups in total. The fourth-order valence-corrected chi connectivity index (χ4v) is 1.59. The fraction of sp³-hybridized carbons (Fsp3) is 0.300. The van der Waals surface area contributed by atoms with Crippen LogP contribution in [0, 0.1) is 0 Å². The third-order valence-electron chi connectivity index (χ3n) is 2.23. The van der Waals surface area contributed by atoms with Crippen molar-refractivity contribution in [3.05, 3.63) is 23.2 Å². The zero-order valence-electron chi connectivity index (χ0n) is 7.79. The number of fused-ring (bicyclic) bond motifs is 1. The summed E-state index contributed by atoms with van der Waals surface area (Å²) in [6, 6.07) is 5.27. The summed E-state index contributed by atoms with van der Waals surface area (Å²) in [6.07, 6.45) is 0.406. The highest BCUT2D eigenvalue weighted by atomic mass is 35.5. The zero-order chi connectivity index (χ0) is 10.1. The van der Waals surface area contributed by atoms with Crippen molar-refractivity contribution in [1.82, 2.24) is 0 Å².